The van der Waals surface area contributed by atoms with Crippen molar-refractivity contribution in [2.24, 2.45) is 5.92 Å². The molecule has 3 rings (SSSR count). The van der Waals surface area contributed by atoms with Crippen LogP contribution in [0.1, 0.15) is 18.4 Å². The lowest BCUT2D eigenvalue weighted by Gasteiger charge is -2.37. The molecule has 2 aliphatic rings. The van der Waals surface area contributed by atoms with Gasteiger partial charge in [0.2, 0.25) is 5.91 Å². The van der Waals surface area contributed by atoms with E-state index >= 15 is 0 Å². The van der Waals surface area contributed by atoms with Crippen LogP contribution in [0.2, 0.25) is 5.02 Å². The second kappa shape index (κ2) is 7.44. The average molecular weight is 322 g/mol. The maximum absolute atomic E-state index is 12.5. The van der Waals surface area contributed by atoms with Crippen LogP contribution in [0, 0.1) is 5.92 Å². The Hall–Kier alpha value is -1.10. The molecule has 0 spiro atoms. The van der Waals surface area contributed by atoms with Gasteiger partial charge in [0.15, 0.2) is 0 Å². The van der Waals surface area contributed by atoms with E-state index in [1.807, 2.05) is 18.2 Å². The lowest BCUT2D eigenvalue weighted by atomic mass is 9.96. The van der Waals surface area contributed by atoms with Gasteiger partial charge in [-0.1, -0.05) is 23.7 Å². The fourth-order valence-electron chi connectivity index (χ4n) is 3.35. The van der Waals surface area contributed by atoms with Crippen LogP contribution in [0.4, 0.5) is 0 Å². The van der Waals surface area contributed by atoms with Gasteiger partial charge in [-0.2, -0.15) is 0 Å². The number of nitrogens with one attached hydrogen (secondary N) is 1. The average Bonchev–Trinajstić information content (AvgIpc) is 2.56. The highest BCUT2D eigenvalue weighted by molar-refractivity contribution is 6.30. The molecule has 0 bridgehead atoms. The van der Waals surface area contributed by atoms with Crippen molar-refractivity contribution in [1.82, 2.24) is 15.1 Å². The summed E-state index contributed by atoms with van der Waals surface area (Å²) in [5, 5.41) is 4.11. The van der Waals surface area contributed by atoms with Crippen LogP contribution in [0.5, 0.6) is 0 Å². The smallest absolute Gasteiger partial charge is 0.225 e. The van der Waals surface area contributed by atoms with Gasteiger partial charge in [-0.15, -0.1) is 0 Å². The quantitative estimate of drug-likeness (QED) is 0.924. The highest BCUT2D eigenvalue weighted by Crippen LogP contribution is 2.18. The third kappa shape index (κ3) is 4.00. The molecule has 120 valence electrons. The lowest BCUT2D eigenvalue weighted by molar-refractivity contribution is -0.138. The van der Waals surface area contributed by atoms with E-state index in [-0.39, 0.29) is 5.92 Å². The third-order valence-electron chi connectivity index (χ3n) is 4.67. The van der Waals surface area contributed by atoms with E-state index in [1.54, 1.807) is 0 Å². The lowest BCUT2D eigenvalue weighted by Crippen LogP contribution is -2.51. The molecule has 0 unspecified atom stereocenters. The van der Waals surface area contributed by atoms with Gasteiger partial charge >= 0.3 is 0 Å². The van der Waals surface area contributed by atoms with Gasteiger partial charge < -0.3 is 10.2 Å². The molecule has 0 aliphatic carbocycles. The summed E-state index contributed by atoms with van der Waals surface area (Å²) in [7, 11) is 0. The van der Waals surface area contributed by atoms with E-state index in [9.17, 15) is 4.79 Å². The van der Waals surface area contributed by atoms with Crippen molar-refractivity contribution in [3.63, 3.8) is 0 Å². The van der Waals surface area contributed by atoms with Gasteiger partial charge in [-0.3, -0.25) is 9.69 Å². The molecule has 2 saturated heterocycles. The SMILES string of the molecule is O=C(C1CCNCC1)N1CCN(Cc2cccc(Cl)c2)CC1. The van der Waals surface area contributed by atoms with E-state index in [0.29, 0.717) is 5.91 Å². The maximum Gasteiger partial charge on any atom is 0.225 e. The van der Waals surface area contributed by atoms with Gasteiger partial charge in [-0.05, 0) is 43.6 Å². The number of halogens is 1. The molecular weight excluding hydrogens is 298 g/mol. The van der Waals surface area contributed by atoms with E-state index < -0.39 is 0 Å². The Bertz CT molecular complexity index is 508. The van der Waals surface area contributed by atoms with E-state index in [4.69, 9.17) is 11.6 Å². The first-order valence-corrected chi connectivity index (χ1v) is 8.56. The highest BCUT2D eigenvalue weighted by atomic mass is 35.5. The molecule has 1 aromatic carbocycles. The largest absolute Gasteiger partial charge is 0.340 e. The van der Waals surface area contributed by atoms with Crippen molar-refractivity contribution >= 4 is 17.5 Å². The van der Waals surface area contributed by atoms with Crippen LogP contribution in [0.15, 0.2) is 24.3 Å². The molecule has 2 heterocycles. The predicted molar refractivity (Wildman–Crippen MR) is 88.9 cm³/mol. The van der Waals surface area contributed by atoms with Crippen molar-refractivity contribution in [1.29, 1.82) is 0 Å². The van der Waals surface area contributed by atoms with Crippen molar-refractivity contribution in [2.75, 3.05) is 39.3 Å². The van der Waals surface area contributed by atoms with Crippen LogP contribution in [0.25, 0.3) is 0 Å². The summed E-state index contributed by atoms with van der Waals surface area (Å²) in [6.07, 6.45) is 1.98. The normalized spacial score (nSPS) is 21.0. The minimum absolute atomic E-state index is 0.237. The molecule has 22 heavy (non-hydrogen) atoms. The molecule has 1 amide bonds. The Balaban J connectivity index is 1.48. The standard InChI is InChI=1S/C17H24ClN3O/c18-16-3-1-2-14(12-16)13-20-8-10-21(11-9-20)17(22)15-4-6-19-7-5-15/h1-3,12,15,19H,4-11,13H2. The monoisotopic (exact) mass is 321 g/mol. The second-order valence-corrected chi connectivity index (χ2v) is 6.69. The summed E-state index contributed by atoms with van der Waals surface area (Å²) in [5.41, 5.74) is 1.24. The van der Waals surface area contributed by atoms with Crippen LogP contribution in [-0.2, 0) is 11.3 Å². The second-order valence-electron chi connectivity index (χ2n) is 6.26. The van der Waals surface area contributed by atoms with Gasteiger partial charge in [-0.25, -0.2) is 0 Å². The maximum atomic E-state index is 12.5. The summed E-state index contributed by atoms with van der Waals surface area (Å²) >= 11 is 6.04. The number of benzene rings is 1. The first-order chi connectivity index (χ1) is 10.7. The summed E-state index contributed by atoms with van der Waals surface area (Å²) in [6.45, 7) is 6.46. The van der Waals surface area contributed by atoms with E-state index in [0.717, 1.165) is 63.7 Å². The molecule has 0 saturated carbocycles. The molecule has 2 fully saturated rings. The number of rotatable bonds is 3. The van der Waals surface area contributed by atoms with Gasteiger partial charge in [0.25, 0.3) is 0 Å². The molecule has 1 aromatic rings. The van der Waals surface area contributed by atoms with Gasteiger partial charge in [0.05, 0.1) is 0 Å². The van der Waals surface area contributed by atoms with Crippen molar-refractivity contribution < 1.29 is 4.79 Å². The van der Waals surface area contributed by atoms with Crippen molar-refractivity contribution in [3.05, 3.63) is 34.9 Å². The Morgan fingerprint density at radius 2 is 1.91 bits per heavy atom. The molecule has 0 atom stereocenters. The highest BCUT2D eigenvalue weighted by Gasteiger charge is 2.28. The Morgan fingerprint density at radius 1 is 1.18 bits per heavy atom. The molecule has 0 aromatic heterocycles. The van der Waals surface area contributed by atoms with Gasteiger partial charge in [0, 0.05) is 43.7 Å². The zero-order valence-corrected chi connectivity index (χ0v) is 13.7. The van der Waals surface area contributed by atoms with Crippen molar-refractivity contribution in [2.45, 2.75) is 19.4 Å². The Morgan fingerprint density at radius 3 is 2.59 bits per heavy atom. The molecule has 1 N–H and O–H groups in total. The number of hydrogen-bond donors (Lipinski definition) is 1. The number of hydrogen-bond acceptors (Lipinski definition) is 3. The number of nitrogens with zero attached hydrogens (tertiary/aromatic N) is 2. The fraction of sp³-hybridized carbons (Fsp3) is 0.588. The van der Waals surface area contributed by atoms with Crippen LogP contribution in [-0.4, -0.2) is 55.0 Å². The molecular formula is C17H24ClN3O. The summed E-state index contributed by atoms with van der Waals surface area (Å²) < 4.78 is 0. The first kappa shape index (κ1) is 15.8. The molecule has 4 nitrogen and oxygen atoms in total. The Labute approximate surface area is 137 Å². The van der Waals surface area contributed by atoms with Crippen molar-refractivity contribution in [3.8, 4) is 0 Å². The molecule has 0 radical (unpaired) electrons. The Kier molecular flexibility index (Phi) is 5.34. The number of carbonyl (C=O) groups excluding carboxylic acids is 1. The van der Waals surface area contributed by atoms with Crippen LogP contribution in [0.3, 0.4) is 0 Å². The number of piperazine rings is 1. The minimum atomic E-state index is 0.237. The van der Waals surface area contributed by atoms with E-state index in [2.05, 4.69) is 21.2 Å². The minimum Gasteiger partial charge on any atom is -0.340 e. The number of amides is 1. The summed E-state index contributed by atoms with van der Waals surface area (Å²) in [4.78, 5) is 17.0. The zero-order valence-electron chi connectivity index (χ0n) is 12.9. The topological polar surface area (TPSA) is 35.6 Å². The summed E-state index contributed by atoms with van der Waals surface area (Å²) in [6, 6.07) is 8.03. The predicted octanol–water partition coefficient (Wildman–Crippen LogP) is 1.98. The molecule has 2 aliphatic heterocycles. The fourth-order valence-corrected chi connectivity index (χ4v) is 3.56. The van der Waals surface area contributed by atoms with Crippen LogP contribution < -0.4 is 5.32 Å². The van der Waals surface area contributed by atoms with Gasteiger partial charge in [0.1, 0.15) is 0 Å². The zero-order chi connectivity index (χ0) is 15.4. The first-order valence-electron chi connectivity index (χ1n) is 8.19. The number of piperidine rings is 1. The van der Waals surface area contributed by atoms with E-state index in [1.165, 1.54) is 5.56 Å². The van der Waals surface area contributed by atoms with Crippen LogP contribution >= 0.6 is 11.6 Å². The number of carbonyl (C=O) groups is 1. The summed E-state index contributed by atoms with van der Waals surface area (Å²) in [5.74, 6) is 0.602. The third-order valence-corrected chi connectivity index (χ3v) is 4.90. The molecule has 5 heteroatoms.